The van der Waals surface area contributed by atoms with Crippen LogP contribution in [-0.4, -0.2) is 63.8 Å². The number of aromatic nitrogens is 1. The molecule has 1 atom stereocenters. The number of thiazole rings is 1. The minimum absolute atomic E-state index is 0.419. The van der Waals surface area contributed by atoms with E-state index in [0.717, 1.165) is 54.3 Å². The SMILES string of the molecule is CCNC(=NCc1csc(N(C)C)n1)N1CCC(c2cc(OC)cc(OC)c2)C1. The molecule has 0 bridgehead atoms. The van der Waals surface area contributed by atoms with Gasteiger partial charge >= 0.3 is 0 Å². The normalized spacial score (nSPS) is 16.8. The molecule has 2 aromatic rings. The van der Waals surface area contributed by atoms with Crippen molar-refractivity contribution in [3.8, 4) is 11.5 Å². The highest BCUT2D eigenvalue weighted by Gasteiger charge is 2.27. The third kappa shape index (κ3) is 5.32. The van der Waals surface area contributed by atoms with Crippen LogP contribution in [0.25, 0.3) is 0 Å². The second-order valence-corrected chi connectivity index (χ2v) is 8.10. The summed E-state index contributed by atoms with van der Waals surface area (Å²) < 4.78 is 10.9. The predicted molar refractivity (Wildman–Crippen MR) is 120 cm³/mol. The van der Waals surface area contributed by atoms with E-state index >= 15 is 0 Å². The molecule has 1 unspecified atom stereocenters. The van der Waals surface area contributed by atoms with Crippen molar-refractivity contribution < 1.29 is 9.47 Å². The lowest BCUT2D eigenvalue weighted by atomic mass is 9.98. The van der Waals surface area contributed by atoms with Crippen molar-refractivity contribution in [2.45, 2.75) is 25.8 Å². The third-order valence-electron chi connectivity index (χ3n) is 4.98. The Balaban J connectivity index is 1.71. The molecule has 1 aliphatic heterocycles. The van der Waals surface area contributed by atoms with Crippen LogP contribution in [-0.2, 0) is 6.54 Å². The molecule has 2 heterocycles. The smallest absolute Gasteiger partial charge is 0.194 e. The fourth-order valence-corrected chi connectivity index (χ4v) is 4.20. The zero-order valence-electron chi connectivity index (χ0n) is 17.9. The maximum absolute atomic E-state index is 5.44. The van der Waals surface area contributed by atoms with Crippen molar-refractivity contribution in [3.63, 3.8) is 0 Å². The first-order valence-corrected chi connectivity index (χ1v) is 10.8. The molecule has 1 N–H and O–H groups in total. The Labute approximate surface area is 177 Å². The summed E-state index contributed by atoms with van der Waals surface area (Å²) in [7, 11) is 7.40. The Morgan fingerprint density at radius 1 is 1.28 bits per heavy atom. The molecular formula is C21H31N5O2S. The van der Waals surface area contributed by atoms with Crippen LogP contribution >= 0.6 is 11.3 Å². The molecule has 1 aromatic heterocycles. The molecule has 0 amide bonds. The zero-order valence-corrected chi connectivity index (χ0v) is 18.8. The second kappa shape index (κ2) is 9.82. The number of nitrogens with zero attached hydrogens (tertiary/aromatic N) is 4. The van der Waals surface area contributed by atoms with Crippen molar-refractivity contribution >= 4 is 22.4 Å². The van der Waals surface area contributed by atoms with E-state index in [1.807, 2.05) is 25.1 Å². The van der Waals surface area contributed by atoms with Gasteiger partial charge in [-0.3, -0.25) is 0 Å². The topological polar surface area (TPSA) is 62.2 Å². The fraction of sp³-hybridized carbons (Fsp3) is 0.524. The molecule has 7 nitrogen and oxygen atoms in total. The lowest BCUT2D eigenvalue weighted by molar-refractivity contribution is 0.392. The van der Waals surface area contributed by atoms with E-state index in [1.54, 1.807) is 25.6 Å². The van der Waals surface area contributed by atoms with Crippen molar-refractivity contribution in [1.82, 2.24) is 15.2 Å². The highest BCUT2D eigenvalue weighted by molar-refractivity contribution is 7.13. The van der Waals surface area contributed by atoms with Crippen molar-refractivity contribution in [3.05, 3.63) is 34.8 Å². The van der Waals surface area contributed by atoms with Gasteiger partial charge in [0.15, 0.2) is 11.1 Å². The second-order valence-electron chi connectivity index (χ2n) is 7.26. The summed E-state index contributed by atoms with van der Waals surface area (Å²) in [6.45, 7) is 5.41. The van der Waals surface area contributed by atoms with Crippen LogP contribution in [0.4, 0.5) is 5.13 Å². The first kappa shape index (κ1) is 21.2. The van der Waals surface area contributed by atoms with Crippen LogP contribution in [0.15, 0.2) is 28.6 Å². The molecule has 1 saturated heterocycles. The molecule has 8 heteroatoms. The van der Waals surface area contributed by atoms with Gasteiger partial charge in [0.25, 0.3) is 0 Å². The molecule has 1 aromatic carbocycles. The van der Waals surface area contributed by atoms with E-state index in [-0.39, 0.29) is 0 Å². The van der Waals surface area contributed by atoms with Gasteiger partial charge in [0.1, 0.15) is 11.5 Å². The Bertz CT molecular complexity index is 814. The number of benzene rings is 1. The molecule has 3 rings (SSSR count). The maximum atomic E-state index is 5.44. The average molecular weight is 418 g/mol. The van der Waals surface area contributed by atoms with Crippen LogP contribution < -0.4 is 19.7 Å². The molecular weight excluding hydrogens is 386 g/mol. The largest absolute Gasteiger partial charge is 0.497 e. The van der Waals surface area contributed by atoms with Crippen molar-refractivity contribution in [2.24, 2.45) is 4.99 Å². The van der Waals surface area contributed by atoms with Crippen molar-refractivity contribution in [1.29, 1.82) is 0 Å². The highest BCUT2D eigenvalue weighted by atomic mass is 32.1. The van der Waals surface area contributed by atoms with Gasteiger partial charge in [-0.15, -0.1) is 11.3 Å². The summed E-state index contributed by atoms with van der Waals surface area (Å²) >= 11 is 1.65. The number of aliphatic imine (C=N–C) groups is 1. The number of rotatable bonds is 7. The number of hydrogen-bond donors (Lipinski definition) is 1. The van der Waals surface area contributed by atoms with Crippen LogP contribution in [0.2, 0.25) is 0 Å². The quantitative estimate of drug-likeness (QED) is 0.552. The predicted octanol–water partition coefficient (Wildman–Crippen LogP) is 3.18. The van der Waals surface area contributed by atoms with Gasteiger partial charge < -0.3 is 24.6 Å². The van der Waals surface area contributed by atoms with E-state index in [0.29, 0.717) is 12.5 Å². The van der Waals surface area contributed by atoms with Crippen LogP contribution in [0.3, 0.4) is 0 Å². The van der Waals surface area contributed by atoms with E-state index in [9.17, 15) is 0 Å². The molecule has 1 fully saturated rings. The fourth-order valence-electron chi connectivity index (χ4n) is 3.45. The number of anilines is 1. The summed E-state index contributed by atoms with van der Waals surface area (Å²) in [5.41, 5.74) is 2.25. The van der Waals surface area contributed by atoms with E-state index in [2.05, 4.69) is 39.6 Å². The lowest BCUT2D eigenvalue weighted by Crippen LogP contribution is -2.40. The molecule has 1 aliphatic rings. The number of likely N-dealkylation sites (tertiary alicyclic amines) is 1. The van der Waals surface area contributed by atoms with Gasteiger partial charge in [-0.1, -0.05) is 0 Å². The lowest BCUT2D eigenvalue weighted by Gasteiger charge is -2.22. The standard InChI is InChI=1S/C21H31N5O2S/c1-6-22-20(23-12-17-14-29-21(24-17)25(2)3)26-8-7-15(13-26)16-9-18(27-4)11-19(10-16)28-5/h9-11,14-15H,6-8,12-13H2,1-5H3,(H,22,23). The van der Waals surface area contributed by atoms with Gasteiger partial charge in [0.05, 0.1) is 26.5 Å². The third-order valence-corrected chi connectivity index (χ3v) is 6.04. The summed E-state index contributed by atoms with van der Waals surface area (Å²) in [5.74, 6) is 3.03. The maximum Gasteiger partial charge on any atom is 0.194 e. The number of ether oxygens (including phenoxy) is 2. The Kier molecular flexibility index (Phi) is 7.19. The van der Waals surface area contributed by atoms with Crippen LogP contribution in [0.5, 0.6) is 11.5 Å². The molecule has 29 heavy (non-hydrogen) atoms. The average Bonchev–Trinajstić information content (AvgIpc) is 3.40. The van der Waals surface area contributed by atoms with E-state index in [1.165, 1.54) is 5.56 Å². The number of methoxy groups -OCH3 is 2. The minimum Gasteiger partial charge on any atom is -0.497 e. The monoisotopic (exact) mass is 417 g/mol. The summed E-state index contributed by atoms with van der Waals surface area (Å²) in [5, 5.41) is 6.52. The Morgan fingerprint density at radius 3 is 2.59 bits per heavy atom. The number of hydrogen-bond acceptors (Lipinski definition) is 6. The highest BCUT2D eigenvalue weighted by Crippen LogP contribution is 2.33. The van der Waals surface area contributed by atoms with Crippen LogP contribution in [0, 0.1) is 0 Å². The van der Waals surface area contributed by atoms with Crippen LogP contribution in [0.1, 0.15) is 30.5 Å². The Morgan fingerprint density at radius 2 is 2.00 bits per heavy atom. The van der Waals surface area contributed by atoms with E-state index < -0.39 is 0 Å². The molecule has 0 spiro atoms. The van der Waals surface area contributed by atoms with E-state index in [4.69, 9.17) is 14.5 Å². The van der Waals surface area contributed by atoms with Crippen molar-refractivity contribution in [2.75, 3.05) is 52.8 Å². The van der Waals surface area contributed by atoms with Gasteiger partial charge in [-0.25, -0.2) is 9.98 Å². The minimum atomic E-state index is 0.419. The zero-order chi connectivity index (χ0) is 20.8. The summed E-state index contributed by atoms with van der Waals surface area (Å²) in [6.07, 6.45) is 1.07. The molecule has 0 aliphatic carbocycles. The van der Waals surface area contributed by atoms with Gasteiger partial charge in [-0.2, -0.15) is 0 Å². The molecule has 158 valence electrons. The molecule has 0 radical (unpaired) electrons. The van der Waals surface area contributed by atoms with Gasteiger partial charge in [0, 0.05) is 51.1 Å². The van der Waals surface area contributed by atoms with Gasteiger partial charge in [0.2, 0.25) is 0 Å². The molecule has 0 saturated carbocycles. The Hall–Kier alpha value is -2.48. The first-order chi connectivity index (χ1) is 14.0. The first-order valence-electron chi connectivity index (χ1n) is 9.92. The van der Waals surface area contributed by atoms with Gasteiger partial charge in [-0.05, 0) is 31.0 Å². The summed E-state index contributed by atoms with van der Waals surface area (Å²) in [6, 6.07) is 6.13. The summed E-state index contributed by atoms with van der Waals surface area (Å²) in [4.78, 5) is 13.8. The number of nitrogens with one attached hydrogen (secondary N) is 1. The number of guanidine groups is 1.